The van der Waals surface area contributed by atoms with Crippen LogP contribution in [0.1, 0.15) is 26.1 Å². The summed E-state index contributed by atoms with van der Waals surface area (Å²) < 4.78 is 18.8. The van der Waals surface area contributed by atoms with Crippen LogP contribution in [-0.4, -0.2) is 15.9 Å². The number of anilines is 1. The third-order valence-electron chi connectivity index (χ3n) is 3.38. The summed E-state index contributed by atoms with van der Waals surface area (Å²) in [6.07, 6.45) is 1.65. The number of pyridine rings is 1. The molecule has 5 nitrogen and oxygen atoms in total. The van der Waals surface area contributed by atoms with Gasteiger partial charge in [-0.15, -0.1) is 11.3 Å². The van der Waals surface area contributed by atoms with Crippen LogP contribution in [0.15, 0.2) is 42.6 Å². The number of ether oxygens (including phenoxy) is 1. The second kappa shape index (κ2) is 7.40. The van der Waals surface area contributed by atoms with Crippen molar-refractivity contribution < 1.29 is 13.9 Å². The Morgan fingerprint density at radius 3 is 2.84 bits per heavy atom. The van der Waals surface area contributed by atoms with E-state index in [0.717, 1.165) is 5.69 Å². The van der Waals surface area contributed by atoms with Crippen molar-refractivity contribution in [3.8, 4) is 5.75 Å². The molecular weight excluding hydrogens is 341 g/mol. The predicted molar refractivity (Wildman–Crippen MR) is 94.5 cm³/mol. The number of nitrogens with zero attached hydrogens (tertiary/aromatic N) is 2. The molecule has 0 saturated heterocycles. The molecule has 128 valence electrons. The van der Waals surface area contributed by atoms with Crippen molar-refractivity contribution in [1.82, 2.24) is 9.97 Å². The van der Waals surface area contributed by atoms with Gasteiger partial charge in [0.1, 0.15) is 28.1 Å². The van der Waals surface area contributed by atoms with Crippen molar-refractivity contribution in [3.63, 3.8) is 0 Å². The lowest BCUT2D eigenvalue weighted by molar-refractivity contribution is 0.103. The molecule has 0 radical (unpaired) electrons. The Morgan fingerprint density at radius 1 is 1.28 bits per heavy atom. The highest BCUT2D eigenvalue weighted by molar-refractivity contribution is 7.13. The zero-order chi connectivity index (χ0) is 17.8. The third kappa shape index (κ3) is 4.39. The summed E-state index contributed by atoms with van der Waals surface area (Å²) in [5, 5.41) is 3.36. The van der Waals surface area contributed by atoms with Crippen molar-refractivity contribution in [1.29, 1.82) is 0 Å². The molecule has 2 aromatic heterocycles. The van der Waals surface area contributed by atoms with Crippen molar-refractivity contribution in [2.45, 2.75) is 20.5 Å². The molecule has 0 aliphatic rings. The summed E-state index contributed by atoms with van der Waals surface area (Å²) >= 11 is 1.25. The van der Waals surface area contributed by atoms with Gasteiger partial charge in [0.05, 0.1) is 11.9 Å². The monoisotopic (exact) mass is 357 g/mol. The van der Waals surface area contributed by atoms with Gasteiger partial charge < -0.3 is 10.1 Å². The topological polar surface area (TPSA) is 64.1 Å². The lowest BCUT2D eigenvalue weighted by Crippen LogP contribution is -2.11. The summed E-state index contributed by atoms with van der Waals surface area (Å²) in [4.78, 5) is 21.4. The molecule has 0 aliphatic carbocycles. The Labute approximate surface area is 148 Å². The Balaban J connectivity index is 1.67. The fraction of sp³-hybridized carbons (Fsp3) is 0.167. The van der Waals surface area contributed by atoms with E-state index in [4.69, 9.17) is 4.74 Å². The molecule has 0 fully saturated rings. The summed E-state index contributed by atoms with van der Waals surface area (Å²) in [6.45, 7) is 3.91. The van der Waals surface area contributed by atoms with E-state index in [-0.39, 0.29) is 12.5 Å². The highest BCUT2D eigenvalue weighted by Crippen LogP contribution is 2.22. The summed E-state index contributed by atoms with van der Waals surface area (Å²) in [5.74, 6) is -0.0762. The van der Waals surface area contributed by atoms with Gasteiger partial charge in [-0.2, -0.15) is 0 Å². The van der Waals surface area contributed by atoms with E-state index in [0.29, 0.717) is 27.0 Å². The average Bonchev–Trinajstić information content (AvgIpc) is 2.95. The first kappa shape index (κ1) is 17.0. The molecule has 1 N–H and O–H groups in total. The van der Waals surface area contributed by atoms with Crippen LogP contribution in [0, 0.1) is 19.7 Å². The Hall–Kier alpha value is -2.80. The fourth-order valence-corrected chi connectivity index (χ4v) is 3.04. The molecule has 3 rings (SSSR count). The SMILES string of the molecule is Cc1ccc(OCc2nc(C)c(C(=O)Nc3cccc(F)c3)s2)cn1. The first-order valence-electron chi connectivity index (χ1n) is 7.60. The van der Waals surface area contributed by atoms with Gasteiger partial charge in [0.2, 0.25) is 0 Å². The molecule has 0 atom stereocenters. The third-order valence-corrected chi connectivity index (χ3v) is 4.51. The van der Waals surface area contributed by atoms with E-state index in [2.05, 4.69) is 15.3 Å². The molecule has 0 unspecified atom stereocenters. The zero-order valence-corrected chi connectivity index (χ0v) is 14.6. The van der Waals surface area contributed by atoms with Gasteiger partial charge in [0.15, 0.2) is 0 Å². The maximum absolute atomic E-state index is 13.2. The molecule has 0 saturated carbocycles. The summed E-state index contributed by atoms with van der Waals surface area (Å²) in [5.41, 5.74) is 1.93. The molecule has 2 heterocycles. The number of nitrogens with one attached hydrogen (secondary N) is 1. The van der Waals surface area contributed by atoms with Gasteiger partial charge in [-0.1, -0.05) is 6.07 Å². The van der Waals surface area contributed by atoms with E-state index in [1.807, 2.05) is 19.1 Å². The number of carbonyl (C=O) groups is 1. The van der Waals surface area contributed by atoms with Crippen LogP contribution in [0.3, 0.4) is 0 Å². The predicted octanol–water partition coefficient (Wildman–Crippen LogP) is 4.13. The van der Waals surface area contributed by atoms with Gasteiger partial charge in [0.25, 0.3) is 5.91 Å². The standard InChI is InChI=1S/C18H16FN3O2S/c1-11-6-7-15(9-20-11)24-10-16-21-12(2)17(25-16)18(23)22-14-5-3-4-13(19)8-14/h3-9H,10H2,1-2H3,(H,22,23). The highest BCUT2D eigenvalue weighted by Gasteiger charge is 2.16. The zero-order valence-electron chi connectivity index (χ0n) is 13.7. The minimum Gasteiger partial charge on any atom is -0.485 e. The second-order valence-electron chi connectivity index (χ2n) is 5.41. The fourth-order valence-electron chi connectivity index (χ4n) is 2.16. The number of carbonyl (C=O) groups excluding carboxylic acids is 1. The molecule has 0 bridgehead atoms. The van der Waals surface area contributed by atoms with Crippen LogP contribution < -0.4 is 10.1 Å². The van der Waals surface area contributed by atoms with Crippen molar-refractivity contribution >= 4 is 22.9 Å². The maximum atomic E-state index is 13.2. The molecule has 1 aromatic carbocycles. The van der Waals surface area contributed by atoms with Crippen LogP contribution in [0.25, 0.3) is 0 Å². The van der Waals surface area contributed by atoms with Gasteiger partial charge in [-0.25, -0.2) is 9.37 Å². The van der Waals surface area contributed by atoms with E-state index >= 15 is 0 Å². The molecule has 0 spiro atoms. The van der Waals surface area contributed by atoms with Gasteiger partial charge in [-0.3, -0.25) is 9.78 Å². The number of halogens is 1. The number of hydrogen-bond acceptors (Lipinski definition) is 5. The lowest BCUT2D eigenvalue weighted by atomic mass is 10.3. The Kier molecular flexibility index (Phi) is 5.04. The van der Waals surface area contributed by atoms with E-state index in [9.17, 15) is 9.18 Å². The number of aromatic nitrogens is 2. The van der Waals surface area contributed by atoms with E-state index in [1.165, 1.54) is 23.5 Å². The second-order valence-corrected chi connectivity index (χ2v) is 6.49. The van der Waals surface area contributed by atoms with Crippen LogP contribution in [-0.2, 0) is 6.61 Å². The normalized spacial score (nSPS) is 10.5. The van der Waals surface area contributed by atoms with Gasteiger partial charge >= 0.3 is 0 Å². The summed E-state index contributed by atoms with van der Waals surface area (Å²) in [7, 11) is 0. The van der Waals surface area contributed by atoms with Crippen molar-refractivity contribution in [3.05, 3.63) is 69.7 Å². The first-order valence-corrected chi connectivity index (χ1v) is 8.41. The minimum atomic E-state index is -0.403. The number of rotatable bonds is 5. The van der Waals surface area contributed by atoms with Gasteiger partial charge in [0, 0.05) is 11.4 Å². The van der Waals surface area contributed by atoms with Crippen LogP contribution >= 0.6 is 11.3 Å². The number of thiazole rings is 1. The molecule has 25 heavy (non-hydrogen) atoms. The molecule has 0 aliphatic heterocycles. The maximum Gasteiger partial charge on any atom is 0.267 e. The smallest absolute Gasteiger partial charge is 0.267 e. The number of benzene rings is 1. The van der Waals surface area contributed by atoms with Crippen LogP contribution in [0.4, 0.5) is 10.1 Å². The molecule has 3 aromatic rings. The van der Waals surface area contributed by atoms with Gasteiger partial charge in [-0.05, 0) is 44.2 Å². The highest BCUT2D eigenvalue weighted by atomic mass is 32.1. The average molecular weight is 357 g/mol. The number of aryl methyl sites for hydroxylation is 2. The van der Waals surface area contributed by atoms with E-state index < -0.39 is 5.82 Å². The van der Waals surface area contributed by atoms with Crippen molar-refractivity contribution in [2.24, 2.45) is 0 Å². The Bertz CT molecular complexity index is 894. The van der Waals surface area contributed by atoms with Crippen LogP contribution in [0.2, 0.25) is 0 Å². The largest absolute Gasteiger partial charge is 0.485 e. The first-order chi connectivity index (χ1) is 12.0. The number of amides is 1. The molecule has 1 amide bonds. The van der Waals surface area contributed by atoms with E-state index in [1.54, 1.807) is 25.3 Å². The number of hydrogen-bond donors (Lipinski definition) is 1. The summed E-state index contributed by atoms with van der Waals surface area (Å²) in [6, 6.07) is 9.46. The minimum absolute atomic E-state index is 0.253. The van der Waals surface area contributed by atoms with Crippen molar-refractivity contribution in [2.75, 3.05) is 5.32 Å². The lowest BCUT2D eigenvalue weighted by Gasteiger charge is -2.04. The Morgan fingerprint density at radius 2 is 2.12 bits per heavy atom. The molecule has 7 heteroatoms. The molecular formula is C18H16FN3O2S. The van der Waals surface area contributed by atoms with Crippen LogP contribution in [0.5, 0.6) is 5.75 Å². The quantitative estimate of drug-likeness (QED) is 0.746.